The van der Waals surface area contributed by atoms with Gasteiger partial charge >= 0.3 is 0 Å². The van der Waals surface area contributed by atoms with Crippen molar-refractivity contribution in [3.63, 3.8) is 0 Å². The van der Waals surface area contributed by atoms with Crippen LogP contribution in [0.1, 0.15) is 11.8 Å². The van der Waals surface area contributed by atoms with Crippen LogP contribution in [0.3, 0.4) is 0 Å². The highest BCUT2D eigenvalue weighted by atomic mass is 35.5. The molecule has 2 nitrogen and oxygen atoms in total. The topological polar surface area (TPSA) is 20.3 Å². The number of nitrogens with zero attached hydrogens (tertiary/aromatic N) is 1. The molecule has 2 atom stereocenters. The zero-order valence-corrected chi connectivity index (χ0v) is 11.0. The van der Waals surface area contributed by atoms with E-state index in [-0.39, 0.29) is 5.25 Å². The van der Waals surface area contributed by atoms with Gasteiger partial charge in [0.25, 0.3) is 0 Å². The summed E-state index contributed by atoms with van der Waals surface area (Å²) in [5.74, 6) is 0.796. The summed E-state index contributed by atoms with van der Waals surface area (Å²) in [6.45, 7) is 4.79. The van der Waals surface area contributed by atoms with Gasteiger partial charge in [-0.2, -0.15) is 0 Å². The Labute approximate surface area is 102 Å². The molecule has 1 aromatic rings. The maximum atomic E-state index is 11.5. The van der Waals surface area contributed by atoms with E-state index in [2.05, 4.69) is 11.8 Å². The average molecular weight is 264 g/mol. The van der Waals surface area contributed by atoms with Gasteiger partial charge in [0.05, 0.1) is 5.02 Å². The average Bonchev–Trinajstić information content (AvgIpc) is 2.59. The molecule has 1 aromatic heterocycles. The van der Waals surface area contributed by atoms with Crippen LogP contribution in [-0.2, 0) is 17.3 Å². The van der Waals surface area contributed by atoms with Crippen LogP contribution in [0, 0.1) is 0 Å². The van der Waals surface area contributed by atoms with Gasteiger partial charge in [0.2, 0.25) is 0 Å². The number of halogens is 1. The van der Waals surface area contributed by atoms with E-state index in [0.717, 1.165) is 30.4 Å². The molecule has 0 amide bonds. The molecule has 0 bridgehead atoms. The molecular weight excluding hydrogens is 250 g/mol. The van der Waals surface area contributed by atoms with E-state index in [4.69, 9.17) is 11.6 Å². The highest BCUT2D eigenvalue weighted by Gasteiger charge is 2.22. The molecule has 2 rings (SSSR count). The van der Waals surface area contributed by atoms with E-state index in [1.807, 2.05) is 11.4 Å². The fraction of sp³-hybridized carbons (Fsp3) is 0.600. The zero-order valence-electron chi connectivity index (χ0n) is 8.61. The summed E-state index contributed by atoms with van der Waals surface area (Å²) >= 11 is 7.74. The summed E-state index contributed by atoms with van der Waals surface area (Å²) in [7, 11) is -0.631. The third-order valence-electron chi connectivity index (χ3n) is 2.63. The molecule has 1 aliphatic heterocycles. The van der Waals surface area contributed by atoms with Gasteiger partial charge in [0, 0.05) is 46.3 Å². The highest BCUT2D eigenvalue weighted by Crippen LogP contribution is 2.24. The van der Waals surface area contributed by atoms with E-state index in [9.17, 15) is 4.21 Å². The fourth-order valence-electron chi connectivity index (χ4n) is 1.74. The molecule has 0 N–H and O–H groups in total. The van der Waals surface area contributed by atoms with Gasteiger partial charge in [0.1, 0.15) is 0 Å². The second-order valence-corrected chi connectivity index (χ2v) is 7.20. The molecule has 0 unspecified atom stereocenters. The minimum Gasteiger partial charge on any atom is -0.296 e. The maximum absolute atomic E-state index is 11.5. The minimum absolute atomic E-state index is 0.289. The van der Waals surface area contributed by atoms with Crippen LogP contribution in [0.25, 0.3) is 0 Å². The summed E-state index contributed by atoms with van der Waals surface area (Å²) in [4.78, 5) is 3.56. The molecule has 1 saturated heterocycles. The third-order valence-corrected chi connectivity index (χ3v) is 5.63. The largest absolute Gasteiger partial charge is 0.296 e. The Kier molecular flexibility index (Phi) is 3.83. The second-order valence-electron chi connectivity index (χ2n) is 3.82. The van der Waals surface area contributed by atoms with Crippen molar-refractivity contribution >= 4 is 33.7 Å². The molecule has 0 aromatic carbocycles. The Morgan fingerprint density at radius 2 is 2.53 bits per heavy atom. The molecule has 0 radical (unpaired) electrons. The monoisotopic (exact) mass is 263 g/mol. The summed E-state index contributed by atoms with van der Waals surface area (Å²) < 4.78 is 11.5. The first-order chi connectivity index (χ1) is 7.16. The Bertz CT molecular complexity index is 366. The molecule has 0 aliphatic carbocycles. The molecule has 1 aliphatic rings. The van der Waals surface area contributed by atoms with Gasteiger partial charge in [0.15, 0.2) is 0 Å². The molecule has 15 heavy (non-hydrogen) atoms. The first kappa shape index (κ1) is 11.6. The Morgan fingerprint density at radius 1 is 1.73 bits per heavy atom. The quantitative estimate of drug-likeness (QED) is 0.817. The standard InChI is InChI=1S/C10H14ClNOS2/c1-8-6-12(3-5-15(8)13)7-10-9(11)2-4-14-10/h2,4,8H,3,5-7H2,1H3/t8-,15+/m0/s1. The van der Waals surface area contributed by atoms with Crippen LogP contribution in [0.5, 0.6) is 0 Å². The van der Waals surface area contributed by atoms with E-state index in [0.29, 0.717) is 0 Å². The van der Waals surface area contributed by atoms with Gasteiger partial charge in [-0.05, 0) is 18.4 Å². The minimum atomic E-state index is -0.631. The van der Waals surface area contributed by atoms with Crippen molar-refractivity contribution in [1.82, 2.24) is 4.90 Å². The number of hydrogen-bond acceptors (Lipinski definition) is 3. The van der Waals surface area contributed by atoms with E-state index < -0.39 is 10.8 Å². The zero-order chi connectivity index (χ0) is 10.8. The summed E-state index contributed by atoms with van der Waals surface area (Å²) in [6.07, 6.45) is 0. The summed E-state index contributed by atoms with van der Waals surface area (Å²) in [6, 6.07) is 1.94. The van der Waals surface area contributed by atoms with E-state index in [1.54, 1.807) is 11.3 Å². The van der Waals surface area contributed by atoms with Gasteiger partial charge in [-0.3, -0.25) is 9.11 Å². The fourth-order valence-corrected chi connectivity index (χ4v) is 4.10. The molecule has 1 fully saturated rings. The summed E-state index contributed by atoms with van der Waals surface area (Å²) in [5.41, 5.74) is 0. The lowest BCUT2D eigenvalue weighted by Crippen LogP contribution is -2.42. The lowest BCUT2D eigenvalue weighted by Gasteiger charge is -2.29. The van der Waals surface area contributed by atoms with Crippen molar-refractivity contribution in [2.45, 2.75) is 18.7 Å². The van der Waals surface area contributed by atoms with Gasteiger partial charge in [-0.25, -0.2) is 0 Å². The van der Waals surface area contributed by atoms with Crippen LogP contribution in [0.15, 0.2) is 11.4 Å². The Morgan fingerprint density at radius 3 is 3.13 bits per heavy atom. The molecule has 0 saturated carbocycles. The van der Waals surface area contributed by atoms with Crippen molar-refractivity contribution in [2.24, 2.45) is 0 Å². The van der Waals surface area contributed by atoms with Gasteiger partial charge in [-0.15, -0.1) is 11.3 Å². The van der Waals surface area contributed by atoms with Gasteiger partial charge in [-0.1, -0.05) is 11.6 Å². The SMILES string of the molecule is C[C@H]1CN(Cc2sccc2Cl)CC[S@]1=O. The Balaban J connectivity index is 1.96. The van der Waals surface area contributed by atoms with Crippen molar-refractivity contribution in [3.8, 4) is 0 Å². The predicted octanol–water partition coefficient (Wildman–Crippen LogP) is 2.35. The third kappa shape index (κ3) is 2.81. The molecule has 0 spiro atoms. The first-order valence-electron chi connectivity index (χ1n) is 4.98. The molecule has 2 heterocycles. The molecular formula is C10H14ClNOS2. The van der Waals surface area contributed by atoms with Crippen LogP contribution >= 0.6 is 22.9 Å². The number of hydrogen-bond donors (Lipinski definition) is 0. The second kappa shape index (κ2) is 4.95. The highest BCUT2D eigenvalue weighted by molar-refractivity contribution is 7.85. The number of thiophene rings is 1. The van der Waals surface area contributed by atoms with E-state index >= 15 is 0 Å². The first-order valence-corrected chi connectivity index (χ1v) is 7.62. The smallest absolute Gasteiger partial charge is 0.0558 e. The normalized spacial score (nSPS) is 28.1. The number of rotatable bonds is 2. The van der Waals surface area contributed by atoms with Crippen LogP contribution in [0.2, 0.25) is 5.02 Å². The Hall–Kier alpha value is 0.1000. The lowest BCUT2D eigenvalue weighted by atomic mass is 10.3. The van der Waals surface area contributed by atoms with Crippen molar-refractivity contribution in [1.29, 1.82) is 0 Å². The lowest BCUT2D eigenvalue weighted by molar-refractivity contribution is 0.277. The van der Waals surface area contributed by atoms with Crippen molar-refractivity contribution < 1.29 is 4.21 Å². The molecule has 84 valence electrons. The van der Waals surface area contributed by atoms with Crippen LogP contribution < -0.4 is 0 Å². The molecule has 5 heteroatoms. The van der Waals surface area contributed by atoms with Crippen LogP contribution in [0.4, 0.5) is 0 Å². The summed E-state index contributed by atoms with van der Waals surface area (Å²) in [5, 5.41) is 3.17. The van der Waals surface area contributed by atoms with Crippen molar-refractivity contribution in [3.05, 3.63) is 21.3 Å². The van der Waals surface area contributed by atoms with Crippen LogP contribution in [-0.4, -0.2) is 33.2 Å². The maximum Gasteiger partial charge on any atom is 0.0558 e. The van der Waals surface area contributed by atoms with Crippen molar-refractivity contribution in [2.75, 3.05) is 18.8 Å². The van der Waals surface area contributed by atoms with Gasteiger partial charge < -0.3 is 0 Å². The van der Waals surface area contributed by atoms with E-state index in [1.165, 1.54) is 4.88 Å². The predicted molar refractivity (Wildman–Crippen MR) is 67.1 cm³/mol.